The van der Waals surface area contributed by atoms with Crippen LogP contribution >= 0.6 is 12.2 Å². The number of nitrogens with zero attached hydrogens (tertiary/aromatic N) is 1. The summed E-state index contributed by atoms with van der Waals surface area (Å²) in [6, 6.07) is 7.38. The number of aliphatic hydroxyl groups excluding tert-OH is 1. The van der Waals surface area contributed by atoms with Crippen LogP contribution in [0.4, 0.5) is 0 Å². The topological polar surface area (TPSA) is 58.7 Å². The van der Waals surface area contributed by atoms with Crippen molar-refractivity contribution in [3.05, 3.63) is 29.8 Å². The molecular formula is C16H24N2O2S. The lowest BCUT2D eigenvalue weighted by molar-refractivity contribution is 0.0729. The Morgan fingerprint density at radius 3 is 2.81 bits per heavy atom. The molecule has 1 saturated heterocycles. The fourth-order valence-electron chi connectivity index (χ4n) is 2.71. The Morgan fingerprint density at radius 1 is 1.48 bits per heavy atom. The van der Waals surface area contributed by atoms with Crippen molar-refractivity contribution in [2.75, 3.05) is 26.2 Å². The quantitative estimate of drug-likeness (QED) is 0.785. The molecule has 5 heteroatoms. The largest absolute Gasteiger partial charge is 0.490 e. The first-order valence-corrected chi connectivity index (χ1v) is 7.70. The van der Waals surface area contributed by atoms with E-state index >= 15 is 0 Å². The molecule has 1 fully saturated rings. The zero-order valence-electron chi connectivity index (χ0n) is 12.7. The van der Waals surface area contributed by atoms with Gasteiger partial charge in [-0.05, 0) is 30.5 Å². The van der Waals surface area contributed by atoms with Gasteiger partial charge in [0.05, 0.1) is 5.56 Å². The molecule has 1 atom stereocenters. The fourth-order valence-corrected chi connectivity index (χ4v) is 2.88. The molecule has 4 nitrogen and oxygen atoms in total. The maximum absolute atomic E-state index is 10.1. The Morgan fingerprint density at radius 2 is 2.19 bits per heavy atom. The number of hydrogen-bond acceptors (Lipinski definition) is 4. The molecule has 21 heavy (non-hydrogen) atoms. The van der Waals surface area contributed by atoms with Crippen LogP contribution < -0.4 is 10.5 Å². The van der Waals surface area contributed by atoms with Gasteiger partial charge in [0.1, 0.15) is 23.4 Å². The molecule has 1 aliphatic rings. The van der Waals surface area contributed by atoms with E-state index in [0.717, 1.165) is 13.1 Å². The number of ether oxygens (including phenoxy) is 1. The van der Waals surface area contributed by atoms with E-state index in [1.54, 1.807) is 0 Å². The maximum atomic E-state index is 10.1. The first kappa shape index (κ1) is 16.2. The third-order valence-corrected chi connectivity index (χ3v) is 4.03. The maximum Gasteiger partial charge on any atom is 0.129 e. The van der Waals surface area contributed by atoms with E-state index in [0.29, 0.717) is 28.3 Å². The minimum absolute atomic E-state index is 0.247. The highest BCUT2D eigenvalue weighted by Gasteiger charge is 2.30. The molecule has 2 rings (SSSR count). The van der Waals surface area contributed by atoms with Gasteiger partial charge in [-0.2, -0.15) is 0 Å². The third-order valence-electron chi connectivity index (χ3n) is 3.81. The Hall–Kier alpha value is -1.17. The predicted molar refractivity (Wildman–Crippen MR) is 88.7 cm³/mol. The molecule has 0 amide bonds. The summed E-state index contributed by atoms with van der Waals surface area (Å²) in [6.07, 6.45) is 0.656. The van der Waals surface area contributed by atoms with Gasteiger partial charge in [0.2, 0.25) is 0 Å². The van der Waals surface area contributed by atoms with Crippen LogP contribution in [0.2, 0.25) is 0 Å². The van der Waals surface area contributed by atoms with Crippen LogP contribution in [0.15, 0.2) is 24.3 Å². The molecule has 0 radical (unpaired) electrons. The smallest absolute Gasteiger partial charge is 0.129 e. The molecule has 0 aliphatic carbocycles. The summed E-state index contributed by atoms with van der Waals surface area (Å²) in [5, 5.41) is 10.1. The summed E-state index contributed by atoms with van der Waals surface area (Å²) in [7, 11) is 0. The summed E-state index contributed by atoms with van der Waals surface area (Å²) >= 11 is 5.00. The lowest BCUT2D eigenvalue weighted by Gasteiger charge is -2.22. The average molecular weight is 308 g/mol. The molecule has 3 N–H and O–H groups in total. The normalized spacial score (nSPS) is 19.4. The lowest BCUT2D eigenvalue weighted by atomic mass is 9.93. The third kappa shape index (κ3) is 4.66. The predicted octanol–water partition coefficient (Wildman–Crippen LogP) is 1.79. The second-order valence-electron chi connectivity index (χ2n) is 6.47. The van der Waals surface area contributed by atoms with Crippen LogP contribution in [0.5, 0.6) is 5.75 Å². The van der Waals surface area contributed by atoms with Gasteiger partial charge < -0.3 is 20.5 Å². The average Bonchev–Trinajstić information content (AvgIpc) is 2.75. The van der Waals surface area contributed by atoms with Crippen LogP contribution in [-0.4, -0.2) is 47.3 Å². The molecule has 1 aromatic carbocycles. The number of para-hydroxylation sites is 1. The first-order chi connectivity index (χ1) is 9.87. The first-order valence-electron chi connectivity index (χ1n) is 7.29. The molecule has 0 spiro atoms. The summed E-state index contributed by atoms with van der Waals surface area (Å²) in [6.45, 7) is 7.46. The highest BCUT2D eigenvalue weighted by atomic mass is 32.1. The van der Waals surface area contributed by atoms with E-state index in [-0.39, 0.29) is 6.61 Å². The highest BCUT2D eigenvalue weighted by Crippen LogP contribution is 2.28. The van der Waals surface area contributed by atoms with E-state index in [1.165, 1.54) is 6.42 Å². The van der Waals surface area contributed by atoms with Crippen molar-refractivity contribution in [1.29, 1.82) is 0 Å². The molecule has 1 aliphatic heterocycles. The molecule has 0 saturated carbocycles. The van der Waals surface area contributed by atoms with E-state index in [9.17, 15) is 5.11 Å². The van der Waals surface area contributed by atoms with Crippen molar-refractivity contribution in [2.24, 2.45) is 11.1 Å². The van der Waals surface area contributed by atoms with Crippen molar-refractivity contribution >= 4 is 17.2 Å². The number of β-amino-alcohol motifs (C(OH)–C–C–N with tert-alkyl or cyclic N) is 1. The number of rotatable bonds is 6. The number of likely N-dealkylation sites (tertiary alicyclic amines) is 1. The molecule has 1 heterocycles. The van der Waals surface area contributed by atoms with Crippen molar-refractivity contribution in [3.8, 4) is 5.75 Å². The monoisotopic (exact) mass is 308 g/mol. The van der Waals surface area contributed by atoms with Crippen LogP contribution in [0.3, 0.4) is 0 Å². The zero-order valence-corrected chi connectivity index (χ0v) is 13.5. The number of nitrogens with two attached hydrogens (primary N) is 1. The van der Waals surface area contributed by atoms with Gasteiger partial charge in [-0.1, -0.05) is 38.2 Å². The summed E-state index contributed by atoms with van der Waals surface area (Å²) in [4.78, 5) is 2.59. The van der Waals surface area contributed by atoms with Crippen molar-refractivity contribution in [3.63, 3.8) is 0 Å². The number of thiocarbonyl (C=S) groups is 1. The van der Waals surface area contributed by atoms with Gasteiger partial charge in [-0.15, -0.1) is 0 Å². The number of hydrogen-bond donors (Lipinski definition) is 2. The van der Waals surface area contributed by atoms with Gasteiger partial charge in [0.25, 0.3) is 0 Å². The van der Waals surface area contributed by atoms with Gasteiger partial charge in [0.15, 0.2) is 0 Å². The van der Waals surface area contributed by atoms with Crippen LogP contribution in [0, 0.1) is 5.41 Å². The Bertz CT molecular complexity index is 505. The van der Waals surface area contributed by atoms with E-state index in [2.05, 4.69) is 18.7 Å². The molecule has 116 valence electrons. The van der Waals surface area contributed by atoms with Gasteiger partial charge in [-0.25, -0.2) is 0 Å². The van der Waals surface area contributed by atoms with E-state index in [4.69, 9.17) is 22.7 Å². The van der Waals surface area contributed by atoms with Gasteiger partial charge >= 0.3 is 0 Å². The SMILES string of the molecule is CC1(C)CCN(CC(O)COc2ccccc2C(N)=S)C1. The second-order valence-corrected chi connectivity index (χ2v) is 6.91. The van der Waals surface area contributed by atoms with Gasteiger partial charge in [0, 0.05) is 13.1 Å². The summed E-state index contributed by atoms with van der Waals surface area (Å²) in [5.74, 6) is 0.630. The Kier molecular flexibility index (Phi) is 5.19. The number of benzene rings is 1. The standard InChI is InChI=1S/C16H24N2O2S/c1-16(2)7-8-18(11-16)9-12(19)10-20-14-6-4-3-5-13(14)15(17)21/h3-6,12,19H,7-11H2,1-2H3,(H2,17,21). The lowest BCUT2D eigenvalue weighted by Crippen LogP contribution is -2.35. The minimum atomic E-state index is -0.515. The van der Waals surface area contributed by atoms with Gasteiger partial charge in [-0.3, -0.25) is 0 Å². The zero-order chi connectivity index (χ0) is 15.5. The van der Waals surface area contributed by atoms with Crippen molar-refractivity contribution in [2.45, 2.75) is 26.4 Å². The Balaban J connectivity index is 1.84. The fraction of sp³-hybridized carbons (Fsp3) is 0.562. The minimum Gasteiger partial charge on any atom is -0.490 e. The Labute approximate surface area is 131 Å². The number of aliphatic hydroxyl groups is 1. The molecule has 1 aromatic rings. The molecular weight excluding hydrogens is 284 g/mol. The summed E-state index contributed by atoms with van der Waals surface area (Å²) < 4.78 is 5.68. The molecule has 1 unspecified atom stereocenters. The van der Waals surface area contributed by atoms with Crippen LogP contribution in [-0.2, 0) is 0 Å². The van der Waals surface area contributed by atoms with Crippen LogP contribution in [0.25, 0.3) is 0 Å². The van der Waals surface area contributed by atoms with Crippen molar-refractivity contribution < 1.29 is 9.84 Å². The van der Waals surface area contributed by atoms with E-state index < -0.39 is 6.10 Å². The van der Waals surface area contributed by atoms with Crippen LogP contribution in [0.1, 0.15) is 25.8 Å². The van der Waals surface area contributed by atoms with Crippen molar-refractivity contribution in [1.82, 2.24) is 4.90 Å². The van der Waals surface area contributed by atoms with E-state index in [1.807, 2.05) is 24.3 Å². The highest BCUT2D eigenvalue weighted by molar-refractivity contribution is 7.80. The second kappa shape index (κ2) is 6.73. The summed E-state index contributed by atoms with van der Waals surface area (Å²) in [5.41, 5.74) is 6.72. The molecule has 0 bridgehead atoms. The molecule has 0 aromatic heterocycles.